The standard InChI is InChI=1S/C20H30N2O4/c1-2-18-12-17(8-10-24-18)21-13-19-14-22(9-11-25-19)20(23)26-15-16-6-4-3-5-7-16/h3-7,17-19,21H,2,8-15H2,1H3. The van der Waals surface area contributed by atoms with Crippen LogP contribution in [0.1, 0.15) is 31.7 Å². The van der Waals surface area contributed by atoms with Crippen molar-refractivity contribution in [3.63, 3.8) is 0 Å². The molecular formula is C20H30N2O4. The Morgan fingerprint density at radius 1 is 1.23 bits per heavy atom. The average molecular weight is 362 g/mol. The summed E-state index contributed by atoms with van der Waals surface area (Å²) in [5, 5.41) is 3.59. The van der Waals surface area contributed by atoms with E-state index in [0.717, 1.165) is 38.0 Å². The van der Waals surface area contributed by atoms with Crippen molar-refractivity contribution in [3.8, 4) is 0 Å². The number of benzene rings is 1. The number of amides is 1. The third-order valence-electron chi connectivity index (χ3n) is 5.06. The van der Waals surface area contributed by atoms with E-state index in [1.807, 2.05) is 30.3 Å². The molecule has 6 nitrogen and oxygen atoms in total. The number of nitrogens with one attached hydrogen (secondary N) is 1. The molecule has 0 aromatic heterocycles. The lowest BCUT2D eigenvalue weighted by molar-refractivity contribution is -0.0341. The molecular weight excluding hydrogens is 332 g/mol. The number of hydrogen-bond acceptors (Lipinski definition) is 5. The van der Waals surface area contributed by atoms with Crippen LogP contribution in [0.25, 0.3) is 0 Å². The van der Waals surface area contributed by atoms with Gasteiger partial charge in [0.25, 0.3) is 0 Å². The Bertz CT molecular complexity index is 554. The predicted octanol–water partition coefficient (Wildman–Crippen LogP) is 2.57. The minimum atomic E-state index is -0.265. The summed E-state index contributed by atoms with van der Waals surface area (Å²) < 4.78 is 17.0. The molecule has 2 fully saturated rings. The maximum Gasteiger partial charge on any atom is 0.410 e. The number of carbonyl (C=O) groups excluding carboxylic acids is 1. The zero-order valence-corrected chi connectivity index (χ0v) is 15.6. The maximum atomic E-state index is 12.3. The fourth-order valence-electron chi connectivity index (χ4n) is 3.47. The van der Waals surface area contributed by atoms with Crippen LogP contribution in [-0.2, 0) is 20.8 Å². The zero-order valence-electron chi connectivity index (χ0n) is 15.6. The number of morpholine rings is 1. The Balaban J connectivity index is 1.40. The van der Waals surface area contributed by atoms with Gasteiger partial charge in [-0.3, -0.25) is 0 Å². The molecule has 26 heavy (non-hydrogen) atoms. The Labute approximate surface area is 155 Å². The molecule has 0 spiro atoms. The molecule has 3 rings (SSSR count). The summed E-state index contributed by atoms with van der Waals surface area (Å²) in [5.74, 6) is 0. The molecule has 1 N–H and O–H groups in total. The highest BCUT2D eigenvalue weighted by Crippen LogP contribution is 2.17. The van der Waals surface area contributed by atoms with Crippen LogP contribution in [0.3, 0.4) is 0 Å². The van der Waals surface area contributed by atoms with E-state index in [2.05, 4.69) is 12.2 Å². The second-order valence-electron chi connectivity index (χ2n) is 7.01. The van der Waals surface area contributed by atoms with Crippen molar-refractivity contribution in [3.05, 3.63) is 35.9 Å². The van der Waals surface area contributed by atoms with Crippen molar-refractivity contribution in [2.75, 3.05) is 32.8 Å². The van der Waals surface area contributed by atoms with Crippen LogP contribution in [0.15, 0.2) is 30.3 Å². The number of carbonyl (C=O) groups is 1. The maximum absolute atomic E-state index is 12.3. The fraction of sp³-hybridized carbons (Fsp3) is 0.650. The van der Waals surface area contributed by atoms with Crippen molar-refractivity contribution in [1.29, 1.82) is 0 Å². The van der Waals surface area contributed by atoms with Gasteiger partial charge in [-0.25, -0.2) is 4.79 Å². The van der Waals surface area contributed by atoms with Crippen LogP contribution >= 0.6 is 0 Å². The highest BCUT2D eigenvalue weighted by molar-refractivity contribution is 5.67. The highest BCUT2D eigenvalue weighted by atomic mass is 16.6. The molecule has 1 aromatic carbocycles. The summed E-state index contributed by atoms with van der Waals surface area (Å²) in [7, 11) is 0. The van der Waals surface area contributed by atoms with Gasteiger partial charge in [0, 0.05) is 25.7 Å². The molecule has 1 amide bonds. The SMILES string of the molecule is CCC1CC(NCC2CN(C(=O)OCc3ccccc3)CCO2)CCO1. The molecule has 144 valence electrons. The van der Waals surface area contributed by atoms with Gasteiger partial charge in [0.1, 0.15) is 6.61 Å². The van der Waals surface area contributed by atoms with Gasteiger partial charge in [-0.1, -0.05) is 37.3 Å². The second-order valence-corrected chi connectivity index (χ2v) is 7.01. The molecule has 3 atom stereocenters. The number of hydrogen-bond donors (Lipinski definition) is 1. The van der Waals surface area contributed by atoms with E-state index in [1.165, 1.54) is 0 Å². The Kier molecular flexibility index (Phi) is 7.29. The zero-order chi connectivity index (χ0) is 18.2. The van der Waals surface area contributed by atoms with E-state index in [9.17, 15) is 4.79 Å². The molecule has 0 radical (unpaired) electrons. The molecule has 2 aliphatic rings. The summed E-state index contributed by atoms with van der Waals surface area (Å²) in [5.41, 5.74) is 0.998. The molecule has 0 saturated carbocycles. The summed E-state index contributed by atoms with van der Waals surface area (Å²) in [6.45, 7) is 5.75. The Hall–Kier alpha value is -1.63. The second kappa shape index (κ2) is 9.90. The molecule has 2 aliphatic heterocycles. The van der Waals surface area contributed by atoms with Gasteiger partial charge in [0.15, 0.2) is 0 Å². The van der Waals surface area contributed by atoms with E-state index < -0.39 is 0 Å². The average Bonchev–Trinajstić information content (AvgIpc) is 2.71. The van der Waals surface area contributed by atoms with Gasteiger partial charge in [-0.2, -0.15) is 0 Å². The lowest BCUT2D eigenvalue weighted by atomic mass is 10.0. The fourth-order valence-corrected chi connectivity index (χ4v) is 3.47. The molecule has 2 heterocycles. The van der Waals surface area contributed by atoms with Gasteiger partial charge in [-0.15, -0.1) is 0 Å². The summed E-state index contributed by atoms with van der Waals surface area (Å²) in [6.07, 6.45) is 3.24. The van der Waals surface area contributed by atoms with Crippen LogP contribution < -0.4 is 5.32 Å². The van der Waals surface area contributed by atoms with Crippen LogP contribution in [0, 0.1) is 0 Å². The summed E-state index contributed by atoms with van der Waals surface area (Å²) in [4.78, 5) is 14.1. The molecule has 2 saturated heterocycles. The Morgan fingerprint density at radius 2 is 2.04 bits per heavy atom. The highest BCUT2D eigenvalue weighted by Gasteiger charge is 2.27. The third-order valence-corrected chi connectivity index (χ3v) is 5.06. The smallest absolute Gasteiger partial charge is 0.410 e. The first-order chi connectivity index (χ1) is 12.7. The Morgan fingerprint density at radius 3 is 2.85 bits per heavy atom. The van der Waals surface area contributed by atoms with E-state index in [0.29, 0.717) is 38.4 Å². The quantitative estimate of drug-likeness (QED) is 0.843. The van der Waals surface area contributed by atoms with Crippen LogP contribution in [0.2, 0.25) is 0 Å². The van der Waals surface area contributed by atoms with Gasteiger partial charge in [0.2, 0.25) is 0 Å². The van der Waals surface area contributed by atoms with Crippen LogP contribution in [-0.4, -0.2) is 62.1 Å². The molecule has 3 unspecified atom stereocenters. The van der Waals surface area contributed by atoms with Gasteiger partial charge >= 0.3 is 6.09 Å². The van der Waals surface area contributed by atoms with E-state index in [-0.39, 0.29) is 12.2 Å². The van der Waals surface area contributed by atoms with Gasteiger partial charge in [0.05, 0.1) is 25.4 Å². The molecule has 6 heteroatoms. The first-order valence-electron chi connectivity index (χ1n) is 9.66. The topological polar surface area (TPSA) is 60.0 Å². The normalized spacial score (nSPS) is 26.5. The van der Waals surface area contributed by atoms with Crippen molar-refractivity contribution in [2.45, 2.75) is 51.0 Å². The van der Waals surface area contributed by atoms with E-state index in [4.69, 9.17) is 14.2 Å². The first-order valence-corrected chi connectivity index (χ1v) is 9.66. The van der Waals surface area contributed by atoms with Crippen molar-refractivity contribution < 1.29 is 19.0 Å². The lowest BCUT2D eigenvalue weighted by Gasteiger charge is -2.35. The molecule has 0 aliphatic carbocycles. The predicted molar refractivity (Wildman–Crippen MR) is 99.0 cm³/mol. The molecule has 1 aromatic rings. The molecule has 0 bridgehead atoms. The lowest BCUT2D eigenvalue weighted by Crippen LogP contribution is -2.51. The number of nitrogens with zero attached hydrogens (tertiary/aromatic N) is 1. The van der Waals surface area contributed by atoms with Crippen LogP contribution in [0.4, 0.5) is 4.79 Å². The number of ether oxygens (including phenoxy) is 3. The summed E-state index contributed by atoms with van der Waals surface area (Å²) >= 11 is 0. The largest absolute Gasteiger partial charge is 0.445 e. The van der Waals surface area contributed by atoms with E-state index >= 15 is 0 Å². The number of rotatable bonds is 6. The van der Waals surface area contributed by atoms with Crippen LogP contribution in [0.5, 0.6) is 0 Å². The third kappa shape index (κ3) is 5.69. The summed E-state index contributed by atoms with van der Waals surface area (Å²) in [6, 6.07) is 10.2. The minimum Gasteiger partial charge on any atom is -0.445 e. The van der Waals surface area contributed by atoms with Crippen molar-refractivity contribution in [1.82, 2.24) is 10.2 Å². The first kappa shape index (κ1) is 19.1. The monoisotopic (exact) mass is 362 g/mol. The van der Waals surface area contributed by atoms with E-state index in [1.54, 1.807) is 4.90 Å². The van der Waals surface area contributed by atoms with Gasteiger partial charge < -0.3 is 24.4 Å². The minimum absolute atomic E-state index is 0.0101. The van der Waals surface area contributed by atoms with Crippen molar-refractivity contribution in [2.24, 2.45) is 0 Å². The van der Waals surface area contributed by atoms with Gasteiger partial charge in [-0.05, 0) is 24.8 Å². The van der Waals surface area contributed by atoms with Crippen molar-refractivity contribution >= 4 is 6.09 Å².